The summed E-state index contributed by atoms with van der Waals surface area (Å²) in [6.45, 7) is 0.793. The number of hydrogen-bond donors (Lipinski definition) is 3. The van der Waals surface area contributed by atoms with Crippen molar-refractivity contribution >= 4 is 5.57 Å². The first kappa shape index (κ1) is 19.3. The number of methoxy groups -OCH3 is 1. The van der Waals surface area contributed by atoms with Gasteiger partial charge in [-0.15, -0.1) is 0 Å². The Hall–Kier alpha value is -1.46. The summed E-state index contributed by atoms with van der Waals surface area (Å²) in [4.78, 5) is 0. The molecule has 2 aliphatic carbocycles. The van der Waals surface area contributed by atoms with Crippen molar-refractivity contribution in [2.45, 2.75) is 43.4 Å². The summed E-state index contributed by atoms with van der Waals surface area (Å²) < 4.78 is 5.77. The van der Waals surface area contributed by atoms with E-state index in [1.807, 2.05) is 12.1 Å². The number of aliphatic hydroxyl groups excluding tert-OH is 1. The van der Waals surface area contributed by atoms with Crippen LogP contribution in [-0.4, -0.2) is 50.1 Å². The zero-order chi connectivity index (χ0) is 18.4. The van der Waals surface area contributed by atoms with Crippen LogP contribution < -0.4 is 10.6 Å². The second-order valence-corrected chi connectivity index (χ2v) is 7.49. The maximum atomic E-state index is 10.0. The van der Waals surface area contributed by atoms with Crippen LogP contribution in [0.1, 0.15) is 31.2 Å². The van der Waals surface area contributed by atoms with Crippen molar-refractivity contribution in [2.24, 2.45) is 5.92 Å². The Bertz CT molecular complexity index is 614. The summed E-state index contributed by atoms with van der Waals surface area (Å²) in [6.07, 6.45) is 11.2. The molecule has 2 aliphatic rings. The molecule has 0 amide bonds. The molecule has 1 saturated carbocycles. The molecule has 0 radical (unpaired) electrons. The van der Waals surface area contributed by atoms with Crippen LogP contribution in [0.5, 0.6) is 0 Å². The lowest BCUT2D eigenvalue weighted by Gasteiger charge is -2.38. The van der Waals surface area contributed by atoms with Crippen LogP contribution in [0, 0.1) is 5.92 Å². The number of hydrogen-bond acceptors (Lipinski definition) is 4. The number of allylic oxidation sites excluding steroid dienone is 2. The van der Waals surface area contributed by atoms with Crippen molar-refractivity contribution in [2.75, 3.05) is 27.3 Å². The number of nitrogens with one attached hydrogen (secondary N) is 2. The van der Waals surface area contributed by atoms with E-state index in [2.05, 4.69) is 54.1 Å². The molecule has 2 unspecified atom stereocenters. The monoisotopic (exact) mass is 356 g/mol. The number of aliphatic hydroxyl groups is 1. The summed E-state index contributed by atoms with van der Waals surface area (Å²) in [5.74, 6) is 0.0970. The third-order valence-corrected chi connectivity index (χ3v) is 6.05. The van der Waals surface area contributed by atoms with Gasteiger partial charge in [-0.1, -0.05) is 42.5 Å². The van der Waals surface area contributed by atoms with Gasteiger partial charge in [0.15, 0.2) is 0 Å². The van der Waals surface area contributed by atoms with Gasteiger partial charge in [-0.2, -0.15) is 0 Å². The maximum Gasteiger partial charge on any atom is 0.117 e. The van der Waals surface area contributed by atoms with Crippen LogP contribution in [0.3, 0.4) is 0 Å². The molecule has 1 aromatic rings. The third-order valence-electron chi connectivity index (χ3n) is 6.05. The quantitative estimate of drug-likeness (QED) is 0.703. The minimum absolute atomic E-state index is 0.0165. The Kier molecular flexibility index (Phi) is 6.65. The summed E-state index contributed by atoms with van der Waals surface area (Å²) in [5, 5.41) is 17.2. The van der Waals surface area contributed by atoms with Crippen molar-refractivity contribution in [1.29, 1.82) is 0 Å². The Balaban J connectivity index is 1.70. The van der Waals surface area contributed by atoms with Crippen molar-refractivity contribution in [3.8, 4) is 0 Å². The molecule has 1 aromatic carbocycles. The van der Waals surface area contributed by atoms with Gasteiger partial charge < -0.3 is 20.5 Å². The first-order chi connectivity index (χ1) is 12.7. The smallest absolute Gasteiger partial charge is 0.117 e. The Morgan fingerprint density at radius 3 is 2.42 bits per heavy atom. The fourth-order valence-electron chi connectivity index (χ4n) is 4.16. The number of benzene rings is 1. The van der Waals surface area contributed by atoms with Gasteiger partial charge in [0.05, 0.1) is 6.61 Å². The Morgan fingerprint density at radius 1 is 1.12 bits per heavy atom. The first-order valence-electron chi connectivity index (χ1n) is 9.74. The summed E-state index contributed by atoms with van der Waals surface area (Å²) in [5.41, 5.74) is 1.75. The molecule has 0 bridgehead atoms. The van der Waals surface area contributed by atoms with Crippen molar-refractivity contribution in [3.05, 3.63) is 54.1 Å². The van der Waals surface area contributed by atoms with Crippen molar-refractivity contribution in [1.82, 2.24) is 10.6 Å². The van der Waals surface area contributed by atoms with Gasteiger partial charge in [0.2, 0.25) is 0 Å². The Morgan fingerprint density at radius 2 is 1.81 bits per heavy atom. The van der Waals surface area contributed by atoms with Crippen LogP contribution in [0.15, 0.2) is 48.6 Å². The molecule has 1 fully saturated rings. The number of ether oxygens (including phenoxy) is 1. The van der Waals surface area contributed by atoms with Gasteiger partial charge in [-0.3, -0.25) is 0 Å². The topological polar surface area (TPSA) is 53.5 Å². The van der Waals surface area contributed by atoms with E-state index in [0.29, 0.717) is 12.1 Å². The summed E-state index contributed by atoms with van der Waals surface area (Å²) >= 11 is 0. The van der Waals surface area contributed by atoms with E-state index in [1.165, 1.54) is 36.8 Å². The third kappa shape index (κ3) is 4.26. The average molecular weight is 357 g/mol. The van der Waals surface area contributed by atoms with E-state index in [-0.39, 0.29) is 12.5 Å². The van der Waals surface area contributed by atoms with Gasteiger partial charge in [0.25, 0.3) is 0 Å². The molecular formula is C22H32N2O2. The van der Waals surface area contributed by atoms with Crippen LogP contribution >= 0.6 is 0 Å². The van der Waals surface area contributed by atoms with Crippen LogP contribution in [0.25, 0.3) is 5.57 Å². The van der Waals surface area contributed by atoms with Gasteiger partial charge in [-0.25, -0.2) is 0 Å². The highest BCUT2D eigenvalue weighted by Crippen LogP contribution is 2.33. The first-order valence-corrected chi connectivity index (χ1v) is 9.74. The fourth-order valence-corrected chi connectivity index (χ4v) is 4.16. The molecule has 4 nitrogen and oxygen atoms in total. The average Bonchev–Trinajstić information content (AvgIpc) is 2.73. The molecular weight excluding hydrogens is 324 g/mol. The Labute approximate surface area is 157 Å². The normalized spacial score (nSPS) is 31.7. The van der Waals surface area contributed by atoms with Gasteiger partial charge >= 0.3 is 0 Å². The predicted molar refractivity (Wildman–Crippen MR) is 107 cm³/mol. The van der Waals surface area contributed by atoms with Crippen LogP contribution in [0.2, 0.25) is 0 Å². The van der Waals surface area contributed by atoms with Crippen molar-refractivity contribution < 1.29 is 9.84 Å². The van der Waals surface area contributed by atoms with Crippen molar-refractivity contribution in [3.63, 3.8) is 0 Å². The summed E-state index contributed by atoms with van der Waals surface area (Å²) in [7, 11) is 3.74. The van der Waals surface area contributed by atoms with Crippen LogP contribution in [0.4, 0.5) is 0 Å². The van der Waals surface area contributed by atoms with Gasteiger partial charge in [0, 0.05) is 31.7 Å². The zero-order valence-corrected chi connectivity index (χ0v) is 15.9. The van der Waals surface area contributed by atoms with E-state index in [9.17, 15) is 5.11 Å². The highest BCUT2D eigenvalue weighted by Gasteiger charge is 2.37. The second kappa shape index (κ2) is 8.96. The SMILES string of the molecule is CNC1CCC(NCC2C=C(c3ccccc3)C=CC2(CO)OC)CC1. The highest BCUT2D eigenvalue weighted by atomic mass is 16.5. The van der Waals surface area contributed by atoms with E-state index in [0.717, 1.165) is 6.54 Å². The molecule has 0 heterocycles. The lowest BCUT2D eigenvalue weighted by atomic mass is 9.80. The van der Waals surface area contributed by atoms with Gasteiger partial charge in [0.1, 0.15) is 5.60 Å². The molecule has 26 heavy (non-hydrogen) atoms. The number of rotatable bonds is 7. The lowest BCUT2D eigenvalue weighted by Crippen LogP contribution is -2.49. The second-order valence-electron chi connectivity index (χ2n) is 7.49. The minimum atomic E-state index is -0.645. The van der Waals surface area contributed by atoms with Gasteiger partial charge in [-0.05, 0) is 49.9 Å². The zero-order valence-electron chi connectivity index (χ0n) is 15.9. The maximum absolute atomic E-state index is 10.0. The molecule has 142 valence electrons. The molecule has 0 aromatic heterocycles. The summed E-state index contributed by atoms with van der Waals surface area (Å²) in [6, 6.07) is 11.6. The molecule has 0 spiro atoms. The minimum Gasteiger partial charge on any atom is -0.393 e. The molecule has 3 N–H and O–H groups in total. The molecule has 2 atom stereocenters. The molecule has 0 saturated heterocycles. The largest absolute Gasteiger partial charge is 0.393 e. The van der Waals surface area contributed by atoms with Crippen LogP contribution in [-0.2, 0) is 4.74 Å². The highest BCUT2D eigenvalue weighted by molar-refractivity contribution is 5.75. The van der Waals surface area contributed by atoms with E-state index in [1.54, 1.807) is 7.11 Å². The predicted octanol–water partition coefficient (Wildman–Crippen LogP) is 2.75. The molecule has 3 rings (SSSR count). The molecule has 0 aliphatic heterocycles. The fraction of sp³-hybridized carbons (Fsp3) is 0.545. The molecule has 4 heteroatoms. The standard InChI is InChI=1S/C22H32N2O2/c1-23-20-8-10-21(11-9-20)24-15-19-14-18(17-6-4-3-5-7-17)12-13-22(19,16-25)26-2/h3-7,12-14,19-21,23-25H,8-11,15-16H2,1-2H3. The van der Waals surface area contributed by atoms with E-state index >= 15 is 0 Å². The lowest BCUT2D eigenvalue weighted by molar-refractivity contribution is -0.0443. The van der Waals surface area contributed by atoms with E-state index < -0.39 is 5.60 Å². The van der Waals surface area contributed by atoms with E-state index in [4.69, 9.17) is 4.74 Å².